The molecule has 2 N–H and O–H groups in total. The van der Waals surface area contributed by atoms with E-state index in [0.29, 0.717) is 12.1 Å². The lowest BCUT2D eigenvalue weighted by Crippen LogP contribution is -2.46. The minimum Gasteiger partial charge on any atom is -0.373 e. The van der Waals surface area contributed by atoms with Crippen LogP contribution in [0.15, 0.2) is 46.9 Å². The van der Waals surface area contributed by atoms with Crippen molar-refractivity contribution in [2.45, 2.75) is 18.3 Å². The van der Waals surface area contributed by atoms with Crippen LogP contribution < -0.4 is 5.32 Å². The zero-order chi connectivity index (χ0) is 19.5. The number of hydrogen-bond donors (Lipinski definition) is 2. The SMILES string of the molecule is O=C(NCc1cc(C(F)(F)F)cc(Br)c1F)C(O)(CF)c1ccccc1. The highest BCUT2D eigenvalue weighted by atomic mass is 79.9. The van der Waals surface area contributed by atoms with Crippen molar-refractivity contribution in [3.05, 3.63) is 69.4 Å². The van der Waals surface area contributed by atoms with Crippen molar-refractivity contribution >= 4 is 21.8 Å². The van der Waals surface area contributed by atoms with E-state index in [4.69, 9.17) is 0 Å². The molecule has 1 atom stereocenters. The average Bonchev–Trinajstić information content (AvgIpc) is 2.61. The van der Waals surface area contributed by atoms with Gasteiger partial charge in [0, 0.05) is 12.1 Å². The summed E-state index contributed by atoms with van der Waals surface area (Å²) in [4.78, 5) is 12.2. The van der Waals surface area contributed by atoms with Crippen molar-refractivity contribution in [3.63, 3.8) is 0 Å². The van der Waals surface area contributed by atoms with Gasteiger partial charge in [-0.25, -0.2) is 8.78 Å². The van der Waals surface area contributed by atoms with Gasteiger partial charge >= 0.3 is 6.18 Å². The zero-order valence-corrected chi connectivity index (χ0v) is 14.7. The summed E-state index contributed by atoms with van der Waals surface area (Å²) < 4.78 is 65.4. The van der Waals surface area contributed by atoms with E-state index in [9.17, 15) is 31.9 Å². The van der Waals surface area contributed by atoms with Crippen LogP contribution in [0.25, 0.3) is 0 Å². The minimum atomic E-state index is -4.71. The van der Waals surface area contributed by atoms with Crippen LogP contribution in [-0.2, 0) is 23.1 Å². The zero-order valence-electron chi connectivity index (χ0n) is 13.1. The molecule has 0 spiro atoms. The Morgan fingerprint density at radius 2 is 1.73 bits per heavy atom. The van der Waals surface area contributed by atoms with Gasteiger partial charge < -0.3 is 10.4 Å². The summed E-state index contributed by atoms with van der Waals surface area (Å²) >= 11 is 2.69. The minimum absolute atomic E-state index is 0.0364. The normalized spacial score (nSPS) is 14.0. The fourth-order valence-corrected chi connectivity index (χ4v) is 2.74. The Morgan fingerprint density at radius 1 is 1.12 bits per heavy atom. The Bertz CT molecular complexity index is 798. The third kappa shape index (κ3) is 4.21. The maximum Gasteiger partial charge on any atom is 0.416 e. The first-order valence-electron chi connectivity index (χ1n) is 7.27. The molecule has 0 aliphatic heterocycles. The van der Waals surface area contributed by atoms with E-state index in [0.717, 1.165) is 0 Å². The predicted molar refractivity (Wildman–Crippen MR) is 87.3 cm³/mol. The van der Waals surface area contributed by atoms with Crippen LogP contribution in [0, 0.1) is 5.82 Å². The number of halogens is 6. The van der Waals surface area contributed by atoms with Crippen LogP contribution in [0.5, 0.6) is 0 Å². The second-order valence-corrected chi connectivity index (χ2v) is 6.33. The number of aliphatic hydroxyl groups is 1. The average molecular weight is 438 g/mol. The van der Waals surface area contributed by atoms with Gasteiger partial charge in [-0.3, -0.25) is 4.79 Å². The molecule has 0 saturated heterocycles. The smallest absolute Gasteiger partial charge is 0.373 e. The van der Waals surface area contributed by atoms with E-state index in [1.807, 2.05) is 0 Å². The van der Waals surface area contributed by atoms with Crippen LogP contribution in [0.4, 0.5) is 22.0 Å². The molecule has 3 nitrogen and oxygen atoms in total. The molecule has 1 amide bonds. The molecule has 0 bridgehead atoms. The monoisotopic (exact) mass is 437 g/mol. The largest absolute Gasteiger partial charge is 0.416 e. The Balaban J connectivity index is 2.25. The van der Waals surface area contributed by atoms with Gasteiger partial charge in [-0.2, -0.15) is 13.2 Å². The molecule has 26 heavy (non-hydrogen) atoms. The Kier molecular flexibility index (Phi) is 6.02. The van der Waals surface area contributed by atoms with Crippen LogP contribution in [0.1, 0.15) is 16.7 Å². The molecule has 2 aromatic carbocycles. The van der Waals surface area contributed by atoms with E-state index in [-0.39, 0.29) is 5.56 Å². The van der Waals surface area contributed by atoms with Crippen molar-refractivity contribution in [1.82, 2.24) is 5.32 Å². The Labute approximate surface area is 154 Å². The summed E-state index contributed by atoms with van der Waals surface area (Å²) in [6.07, 6.45) is -4.71. The molecule has 0 heterocycles. The Morgan fingerprint density at radius 3 is 2.27 bits per heavy atom. The van der Waals surface area contributed by atoms with Gasteiger partial charge in [0.05, 0.1) is 10.0 Å². The molecular formula is C17H13BrF5NO2. The lowest BCUT2D eigenvalue weighted by atomic mass is 9.94. The van der Waals surface area contributed by atoms with Crippen molar-refractivity contribution in [3.8, 4) is 0 Å². The molecule has 0 aliphatic carbocycles. The number of amides is 1. The fourth-order valence-electron chi connectivity index (χ4n) is 2.24. The highest BCUT2D eigenvalue weighted by molar-refractivity contribution is 9.10. The number of alkyl halides is 4. The quantitative estimate of drug-likeness (QED) is 0.692. The van der Waals surface area contributed by atoms with Gasteiger partial charge in [-0.1, -0.05) is 30.3 Å². The third-order valence-corrected chi connectivity index (χ3v) is 4.27. The van der Waals surface area contributed by atoms with E-state index < -0.39 is 52.3 Å². The van der Waals surface area contributed by atoms with Gasteiger partial charge in [-0.05, 0) is 33.6 Å². The molecule has 0 saturated carbocycles. The number of hydrogen-bond acceptors (Lipinski definition) is 2. The first-order chi connectivity index (χ1) is 12.1. The second kappa shape index (κ2) is 7.71. The number of carbonyl (C=O) groups is 1. The fraction of sp³-hybridized carbons (Fsp3) is 0.235. The highest BCUT2D eigenvalue weighted by Gasteiger charge is 2.38. The molecule has 1 unspecified atom stereocenters. The first kappa shape index (κ1) is 20.3. The van der Waals surface area contributed by atoms with E-state index in [1.165, 1.54) is 24.3 Å². The van der Waals surface area contributed by atoms with E-state index >= 15 is 0 Å². The Hall–Kier alpha value is -2.00. The predicted octanol–water partition coefficient (Wildman–Crippen LogP) is 4.08. The summed E-state index contributed by atoms with van der Waals surface area (Å²) in [5.41, 5.74) is -4.14. The van der Waals surface area contributed by atoms with Gasteiger partial charge in [0.25, 0.3) is 5.91 Å². The molecule has 0 aliphatic rings. The molecule has 2 rings (SSSR count). The summed E-state index contributed by atoms with van der Waals surface area (Å²) in [6.45, 7) is -2.13. The second-order valence-electron chi connectivity index (χ2n) is 5.47. The maximum absolute atomic E-state index is 14.0. The third-order valence-electron chi connectivity index (χ3n) is 3.69. The lowest BCUT2D eigenvalue weighted by Gasteiger charge is -2.24. The molecular weight excluding hydrogens is 425 g/mol. The van der Waals surface area contributed by atoms with Crippen molar-refractivity contribution in [2.24, 2.45) is 0 Å². The highest BCUT2D eigenvalue weighted by Crippen LogP contribution is 2.33. The number of benzene rings is 2. The first-order valence-corrected chi connectivity index (χ1v) is 8.06. The van der Waals surface area contributed by atoms with Crippen LogP contribution in [-0.4, -0.2) is 17.7 Å². The van der Waals surface area contributed by atoms with Crippen LogP contribution >= 0.6 is 15.9 Å². The molecule has 0 fully saturated rings. The summed E-state index contributed by atoms with van der Waals surface area (Å²) in [5.74, 6) is -2.19. The number of carbonyl (C=O) groups excluding carboxylic acids is 1. The molecule has 0 aromatic heterocycles. The van der Waals surface area contributed by atoms with Gasteiger partial charge in [-0.15, -0.1) is 0 Å². The molecule has 2 aromatic rings. The summed E-state index contributed by atoms with van der Waals surface area (Å²) in [7, 11) is 0. The van der Waals surface area contributed by atoms with Crippen LogP contribution in [0.3, 0.4) is 0 Å². The maximum atomic E-state index is 14.0. The lowest BCUT2D eigenvalue weighted by molar-refractivity contribution is -0.142. The van der Waals surface area contributed by atoms with E-state index in [1.54, 1.807) is 6.07 Å². The standard InChI is InChI=1S/C17H13BrF5NO2/c18-13-7-12(17(21,22)23)6-10(14(13)20)8-24-15(25)16(26,9-19)11-4-2-1-3-5-11/h1-7,26H,8-9H2,(H,24,25). The number of nitrogens with one attached hydrogen (secondary N) is 1. The molecule has 9 heteroatoms. The van der Waals surface area contributed by atoms with Crippen molar-refractivity contribution in [2.75, 3.05) is 6.67 Å². The van der Waals surface area contributed by atoms with Crippen molar-refractivity contribution in [1.29, 1.82) is 0 Å². The van der Waals surface area contributed by atoms with Gasteiger partial charge in [0.2, 0.25) is 0 Å². The van der Waals surface area contributed by atoms with E-state index in [2.05, 4.69) is 21.2 Å². The van der Waals surface area contributed by atoms with Gasteiger partial charge in [0.15, 0.2) is 5.60 Å². The molecule has 140 valence electrons. The van der Waals surface area contributed by atoms with Gasteiger partial charge in [0.1, 0.15) is 12.5 Å². The summed E-state index contributed by atoms with van der Waals surface area (Å²) in [5, 5.41) is 12.4. The number of rotatable bonds is 5. The topological polar surface area (TPSA) is 49.3 Å². The van der Waals surface area contributed by atoms with Crippen LogP contribution in [0.2, 0.25) is 0 Å². The summed E-state index contributed by atoms with van der Waals surface area (Å²) in [6, 6.07) is 8.30. The molecule has 0 radical (unpaired) electrons. The van der Waals surface area contributed by atoms with Crippen molar-refractivity contribution < 1.29 is 31.9 Å².